The van der Waals surface area contributed by atoms with E-state index in [1.807, 2.05) is 6.92 Å². The lowest BCUT2D eigenvalue weighted by atomic mass is 10.0. The highest BCUT2D eigenvalue weighted by molar-refractivity contribution is 5.94. The van der Waals surface area contributed by atoms with Crippen LogP contribution in [0, 0.1) is 5.92 Å². The molecule has 23 heavy (non-hydrogen) atoms. The highest BCUT2D eigenvalue weighted by atomic mass is 35.5. The van der Waals surface area contributed by atoms with Crippen LogP contribution in [0.15, 0.2) is 18.2 Å². The van der Waals surface area contributed by atoms with Crippen molar-refractivity contribution in [2.75, 3.05) is 11.9 Å². The second-order valence-corrected chi connectivity index (χ2v) is 5.19. The van der Waals surface area contributed by atoms with Crippen molar-refractivity contribution in [3.8, 4) is 5.75 Å². The molecule has 4 nitrogen and oxygen atoms in total. The van der Waals surface area contributed by atoms with Gasteiger partial charge in [0, 0.05) is 6.04 Å². The smallest absolute Gasteiger partial charge is 0.416 e. The molecule has 0 aliphatic carbocycles. The van der Waals surface area contributed by atoms with Gasteiger partial charge in [0.15, 0.2) is 0 Å². The Kier molecular flexibility index (Phi) is 8.41. The van der Waals surface area contributed by atoms with Crippen molar-refractivity contribution in [2.45, 2.75) is 39.4 Å². The van der Waals surface area contributed by atoms with Gasteiger partial charge < -0.3 is 15.8 Å². The van der Waals surface area contributed by atoms with Crippen molar-refractivity contribution in [1.29, 1.82) is 0 Å². The quantitative estimate of drug-likeness (QED) is 0.815. The lowest BCUT2D eigenvalue weighted by molar-refractivity contribution is -0.137. The van der Waals surface area contributed by atoms with Crippen LogP contribution in [0.4, 0.5) is 18.9 Å². The Morgan fingerprint density at radius 2 is 1.96 bits per heavy atom. The van der Waals surface area contributed by atoms with Crippen LogP contribution in [0.1, 0.15) is 32.8 Å². The molecule has 0 saturated heterocycles. The van der Waals surface area contributed by atoms with E-state index in [2.05, 4.69) is 5.32 Å². The zero-order valence-corrected chi connectivity index (χ0v) is 14.1. The maximum atomic E-state index is 12.8. The van der Waals surface area contributed by atoms with Gasteiger partial charge in [-0.3, -0.25) is 4.79 Å². The van der Waals surface area contributed by atoms with Crippen LogP contribution >= 0.6 is 12.4 Å². The number of halogens is 4. The number of nitrogens with two attached hydrogens (primary N) is 1. The molecule has 1 amide bonds. The monoisotopic (exact) mass is 354 g/mol. The number of nitrogens with one attached hydrogen (secondary N) is 1. The van der Waals surface area contributed by atoms with Crippen LogP contribution in [0.25, 0.3) is 0 Å². The Labute approximate surface area is 140 Å². The van der Waals surface area contributed by atoms with Crippen LogP contribution in [0.2, 0.25) is 0 Å². The molecule has 1 aromatic carbocycles. The number of amides is 1. The summed E-state index contributed by atoms with van der Waals surface area (Å²) in [6.07, 6.45) is -3.79. The van der Waals surface area contributed by atoms with Crippen LogP contribution in [0.5, 0.6) is 5.75 Å². The Bertz CT molecular complexity index is 522. The molecule has 2 unspecified atom stereocenters. The van der Waals surface area contributed by atoms with Crippen molar-refractivity contribution in [3.05, 3.63) is 23.8 Å². The van der Waals surface area contributed by atoms with Crippen molar-refractivity contribution < 1.29 is 22.7 Å². The standard InChI is InChI=1S/C15H21F3N2O2.ClH/c1-4-7-22-13-6-5-11(15(16,17)18)8-12(13)20-14(21)9(2)10(3)19;/h5-6,8-10H,4,7,19H2,1-3H3,(H,20,21);1H. The number of benzene rings is 1. The first-order valence-electron chi connectivity index (χ1n) is 7.07. The van der Waals surface area contributed by atoms with E-state index in [9.17, 15) is 18.0 Å². The van der Waals surface area contributed by atoms with E-state index >= 15 is 0 Å². The number of ether oxygens (including phenoxy) is 1. The van der Waals surface area contributed by atoms with Crippen LogP contribution in [-0.4, -0.2) is 18.6 Å². The predicted molar refractivity (Wildman–Crippen MR) is 85.9 cm³/mol. The first kappa shape index (κ1) is 21.5. The molecule has 0 radical (unpaired) electrons. The number of hydrogen-bond acceptors (Lipinski definition) is 3. The fourth-order valence-electron chi connectivity index (χ4n) is 1.63. The number of hydrogen-bond donors (Lipinski definition) is 2. The highest BCUT2D eigenvalue weighted by Gasteiger charge is 2.31. The molecule has 3 N–H and O–H groups in total. The summed E-state index contributed by atoms with van der Waals surface area (Å²) in [6.45, 7) is 5.49. The molecular weight excluding hydrogens is 333 g/mol. The summed E-state index contributed by atoms with van der Waals surface area (Å²) >= 11 is 0. The highest BCUT2D eigenvalue weighted by Crippen LogP contribution is 2.35. The third-order valence-corrected chi connectivity index (χ3v) is 3.23. The van der Waals surface area contributed by atoms with E-state index in [1.165, 1.54) is 6.07 Å². The molecule has 8 heteroatoms. The number of anilines is 1. The Morgan fingerprint density at radius 1 is 1.35 bits per heavy atom. The fourth-order valence-corrected chi connectivity index (χ4v) is 1.63. The van der Waals surface area contributed by atoms with Gasteiger partial charge in [-0.1, -0.05) is 13.8 Å². The zero-order chi connectivity index (χ0) is 16.9. The topological polar surface area (TPSA) is 64.3 Å². The molecule has 2 atom stereocenters. The van der Waals surface area contributed by atoms with Crippen LogP contribution < -0.4 is 15.8 Å². The molecule has 0 spiro atoms. The second-order valence-electron chi connectivity index (χ2n) is 5.19. The molecule has 0 saturated carbocycles. The van der Waals surface area contributed by atoms with Gasteiger partial charge in [0.05, 0.1) is 23.8 Å². The minimum absolute atomic E-state index is 0. The zero-order valence-electron chi connectivity index (χ0n) is 13.2. The normalized spacial score (nSPS) is 13.7. The van der Waals surface area contributed by atoms with E-state index in [0.717, 1.165) is 12.1 Å². The maximum Gasteiger partial charge on any atom is 0.416 e. The summed E-state index contributed by atoms with van der Waals surface area (Å²) < 4.78 is 43.8. The molecule has 0 aliphatic rings. The molecule has 0 fully saturated rings. The fraction of sp³-hybridized carbons (Fsp3) is 0.533. The molecule has 132 valence electrons. The van der Waals surface area contributed by atoms with Crippen molar-refractivity contribution >= 4 is 24.0 Å². The maximum absolute atomic E-state index is 12.8. The minimum atomic E-state index is -4.49. The van der Waals surface area contributed by atoms with E-state index in [4.69, 9.17) is 10.5 Å². The summed E-state index contributed by atoms with van der Waals surface area (Å²) in [4.78, 5) is 12.0. The molecule has 1 aromatic rings. The lowest BCUT2D eigenvalue weighted by Gasteiger charge is -2.18. The second kappa shape index (κ2) is 8.98. The van der Waals surface area contributed by atoms with Crippen molar-refractivity contribution in [2.24, 2.45) is 11.7 Å². The number of alkyl halides is 3. The summed E-state index contributed by atoms with van der Waals surface area (Å²) in [7, 11) is 0. The third-order valence-electron chi connectivity index (χ3n) is 3.23. The largest absolute Gasteiger partial charge is 0.491 e. The van der Waals surface area contributed by atoms with Gasteiger partial charge in [-0.25, -0.2) is 0 Å². The van der Waals surface area contributed by atoms with Gasteiger partial charge in [0.1, 0.15) is 5.75 Å². The van der Waals surface area contributed by atoms with E-state index < -0.39 is 29.6 Å². The summed E-state index contributed by atoms with van der Waals surface area (Å²) in [5, 5.41) is 2.47. The Hall–Kier alpha value is -1.47. The van der Waals surface area contributed by atoms with Gasteiger partial charge >= 0.3 is 6.18 Å². The Balaban J connectivity index is 0.00000484. The van der Waals surface area contributed by atoms with Crippen LogP contribution in [-0.2, 0) is 11.0 Å². The van der Waals surface area contributed by atoms with Crippen molar-refractivity contribution in [3.63, 3.8) is 0 Å². The average molecular weight is 355 g/mol. The van der Waals surface area contributed by atoms with E-state index in [-0.39, 0.29) is 23.8 Å². The van der Waals surface area contributed by atoms with Gasteiger partial charge in [-0.15, -0.1) is 12.4 Å². The number of carbonyl (C=O) groups is 1. The Morgan fingerprint density at radius 3 is 2.43 bits per heavy atom. The molecular formula is C15H22ClF3N2O2. The third kappa shape index (κ3) is 6.27. The summed E-state index contributed by atoms with van der Waals surface area (Å²) in [5.74, 6) is -0.774. The molecule has 0 aliphatic heterocycles. The van der Waals surface area contributed by atoms with E-state index in [0.29, 0.717) is 13.0 Å². The van der Waals surface area contributed by atoms with Gasteiger partial charge in [-0.05, 0) is 31.5 Å². The lowest BCUT2D eigenvalue weighted by Crippen LogP contribution is -2.34. The number of carbonyl (C=O) groups excluding carboxylic acids is 1. The van der Waals surface area contributed by atoms with Crippen molar-refractivity contribution in [1.82, 2.24) is 0 Å². The van der Waals surface area contributed by atoms with Gasteiger partial charge in [0.25, 0.3) is 0 Å². The molecule has 0 bridgehead atoms. The molecule has 1 rings (SSSR count). The first-order valence-corrected chi connectivity index (χ1v) is 7.07. The predicted octanol–water partition coefficient (Wildman–Crippen LogP) is 3.84. The number of rotatable bonds is 6. The SMILES string of the molecule is CCCOc1ccc(C(F)(F)F)cc1NC(=O)C(C)C(C)N.Cl. The minimum Gasteiger partial charge on any atom is -0.491 e. The summed E-state index contributed by atoms with van der Waals surface area (Å²) in [6, 6.07) is 2.60. The van der Waals surface area contributed by atoms with E-state index in [1.54, 1.807) is 13.8 Å². The van der Waals surface area contributed by atoms with Gasteiger partial charge in [0.2, 0.25) is 5.91 Å². The van der Waals surface area contributed by atoms with Crippen LogP contribution in [0.3, 0.4) is 0 Å². The molecule has 0 aromatic heterocycles. The first-order chi connectivity index (χ1) is 10.2. The molecule has 0 heterocycles. The average Bonchev–Trinajstić information content (AvgIpc) is 2.43. The van der Waals surface area contributed by atoms with Gasteiger partial charge in [-0.2, -0.15) is 13.2 Å². The summed E-state index contributed by atoms with van der Waals surface area (Å²) in [5.41, 5.74) is 4.79.